The van der Waals surface area contributed by atoms with Crippen molar-refractivity contribution in [3.05, 3.63) is 0 Å². The Morgan fingerprint density at radius 2 is 0.680 bits per heavy atom. The Kier molecular flexibility index (Phi) is 34.0. The molecule has 0 saturated heterocycles. The summed E-state index contributed by atoms with van der Waals surface area (Å²) in [7, 11) is -10.1. The van der Waals surface area contributed by atoms with E-state index in [0.717, 1.165) is 38.5 Å². The molecule has 0 aromatic heterocycles. The van der Waals surface area contributed by atoms with Crippen LogP contribution in [0.5, 0.6) is 0 Å². The number of phosphoric ester groups is 1. The van der Waals surface area contributed by atoms with E-state index in [4.69, 9.17) is 4.52 Å². The third kappa shape index (κ3) is 35.3. The van der Waals surface area contributed by atoms with Crippen LogP contribution in [0.1, 0.15) is 252 Å². The van der Waals surface area contributed by atoms with Crippen molar-refractivity contribution in [2.24, 2.45) is 5.92 Å². The summed E-state index contributed by atoms with van der Waals surface area (Å²) in [5.41, 5.74) is -0.931. The van der Waals surface area contributed by atoms with Crippen LogP contribution in [0.2, 0.25) is 0 Å². The maximum Gasteiger partial charge on any atom is 0.481 e. The molecule has 7 nitrogen and oxygen atoms in total. The van der Waals surface area contributed by atoms with Crippen molar-refractivity contribution in [3.63, 3.8) is 0 Å². The fraction of sp³-hybridized carbons (Fsp3) is 1.00. The molecule has 302 valence electrons. The van der Waals surface area contributed by atoms with E-state index in [2.05, 4.69) is 32.0 Å². The third-order valence-electron chi connectivity index (χ3n) is 10.3. The van der Waals surface area contributed by atoms with Gasteiger partial charge in [-0.15, -0.1) is 0 Å². The lowest BCUT2D eigenvalue weighted by molar-refractivity contribution is -0.00177. The van der Waals surface area contributed by atoms with Gasteiger partial charge < -0.3 is 14.7 Å². The van der Waals surface area contributed by atoms with E-state index < -0.39 is 21.2 Å². The summed E-state index contributed by atoms with van der Waals surface area (Å²) < 4.78 is 34.3. The van der Waals surface area contributed by atoms with E-state index in [0.29, 0.717) is 19.3 Å². The number of phosphoric acid groups is 2. The molecule has 0 aliphatic rings. The second kappa shape index (κ2) is 33.8. The summed E-state index contributed by atoms with van der Waals surface area (Å²) in [5.74, 6) is 0.201. The van der Waals surface area contributed by atoms with Gasteiger partial charge in [-0.25, -0.2) is 9.13 Å². The van der Waals surface area contributed by atoms with Crippen molar-refractivity contribution >= 4 is 15.6 Å². The van der Waals surface area contributed by atoms with Crippen LogP contribution in [0.25, 0.3) is 0 Å². The Balaban J connectivity index is 4.48. The molecule has 1 unspecified atom stereocenters. The fourth-order valence-corrected chi connectivity index (χ4v) is 9.54. The van der Waals surface area contributed by atoms with E-state index in [1.807, 2.05) is 0 Å². The van der Waals surface area contributed by atoms with Gasteiger partial charge in [0, 0.05) is 0 Å². The first-order chi connectivity index (χ1) is 24.0. The van der Waals surface area contributed by atoms with Crippen molar-refractivity contribution in [1.82, 2.24) is 0 Å². The first kappa shape index (κ1) is 50.3. The highest BCUT2D eigenvalue weighted by molar-refractivity contribution is 7.60. The molecule has 0 saturated carbocycles. The molecule has 0 rings (SSSR count). The molecule has 0 fully saturated rings. The zero-order chi connectivity index (χ0) is 37.2. The molecule has 9 heteroatoms. The predicted octanol–water partition coefficient (Wildman–Crippen LogP) is 15.3. The van der Waals surface area contributed by atoms with E-state index in [-0.39, 0.29) is 5.92 Å². The predicted molar refractivity (Wildman–Crippen MR) is 215 cm³/mol. The van der Waals surface area contributed by atoms with Gasteiger partial charge in [0.25, 0.3) is 0 Å². The molecular weight excluding hydrogens is 666 g/mol. The third-order valence-corrected chi connectivity index (χ3v) is 12.6. The van der Waals surface area contributed by atoms with Crippen LogP contribution in [-0.2, 0) is 18.0 Å². The zero-order valence-electron chi connectivity index (χ0n) is 33.7. The van der Waals surface area contributed by atoms with Crippen molar-refractivity contribution in [1.29, 1.82) is 0 Å². The highest BCUT2D eigenvalue weighted by Crippen LogP contribution is 2.61. The lowest BCUT2D eigenvalue weighted by Crippen LogP contribution is -2.34. The SMILES string of the molecule is CCCCCCCCCCCCCCCCCCC(CCCCCCCCCCCCCCCCCC)(CC(C)C)OP(=O)(O)OP(=O)(O)O. The van der Waals surface area contributed by atoms with Crippen LogP contribution < -0.4 is 0 Å². The fourth-order valence-electron chi connectivity index (χ4n) is 7.59. The van der Waals surface area contributed by atoms with Gasteiger partial charge in [0.2, 0.25) is 0 Å². The first-order valence-electron chi connectivity index (χ1n) is 21.8. The van der Waals surface area contributed by atoms with E-state index >= 15 is 0 Å². The van der Waals surface area contributed by atoms with Crippen LogP contribution >= 0.6 is 15.6 Å². The van der Waals surface area contributed by atoms with Gasteiger partial charge in [-0.2, -0.15) is 4.31 Å². The van der Waals surface area contributed by atoms with Gasteiger partial charge in [0.1, 0.15) is 0 Å². The topological polar surface area (TPSA) is 113 Å². The Bertz CT molecular complexity index is 781. The van der Waals surface area contributed by atoms with Crippen LogP contribution in [0.3, 0.4) is 0 Å². The Morgan fingerprint density at radius 3 is 0.900 bits per heavy atom. The summed E-state index contributed by atoms with van der Waals surface area (Å²) in [6.07, 6.45) is 42.7. The lowest BCUT2D eigenvalue weighted by atomic mass is 9.83. The first-order valence-corrected chi connectivity index (χ1v) is 24.8. The zero-order valence-corrected chi connectivity index (χ0v) is 35.5. The van der Waals surface area contributed by atoms with Gasteiger partial charge >= 0.3 is 15.6 Å². The molecule has 50 heavy (non-hydrogen) atoms. The minimum Gasteiger partial charge on any atom is -0.302 e. The van der Waals surface area contributed by atoms with Gasteiger partial charge in [-0.05, 0) is 25.2 Å². The second-order valence-corrected chi connectivity index (χ2v) is 18.8. The normalized spacial score (nSPS) is 13.8. The van der Waals surface area contributed by atoms with Gasteiger partial charge in [-0.3, -0.25) is 4.52 Å². The average Bonchev–Trinajstić information content (AvgIpc) is 3.02. The molecular formula is C41H86O7P2. The van der Waals surface area contributed by atoms with Crippen molar-refractivity contribution < 1.29 is 32.6 Å². The number of hydrogen-bond acceptors (Lipinski definition) is 4. The molecule has 0 amide bonds. The van der Waals surface area contributed by atoms with Crippen LogP contribution in [0, 0.1) is 5.92 Å². The minimum atomic E-state index is -5.17. The minimum absolute atomic E-state index is 0.201. The Morgan fingerprint density at radius 1 is 0.440 bits per heavy atom. The van der Waals surface area contributed by atoms with E-state index in [1.165, 1.54) is 167 Å². The lowest BCUT2D eigenvalue weighted by Gasteiger charge is -2.36. The summed E-state index contributed by atoms with van der Waals surface area (Å²) in [4.78, 5) is 28.9. The quantitative estimate of drug-likeness (QED) is 0.0422. The molecule has 0 spiro atoms. The molecule has 0 radical (unpaired) electrons. The average molecular weight is 753 g/mol. The van der Waals surface area contributed by atoms with Gasteiger partial charge in [-0.1, -0.05) is 233 Å². The number of unbranched alkanes of at least 4 members (excludes halogenated alkanes) is 30. The van der Waals surface area contributed by atoms with Crippen molar-refractivity contribution in [2.45, 2.75) is 258 Å². The molecule has 0 aromatic carbocycles. The van der Waals surface area contributed by atoms with E-state index in [9.17, 15) is 23.8 Å². The molecule has 0 aromatic rings. The number of rotatable bonds is 40. The van der Waals surface area contributed by atoms with Crippen LogP contribution in [0.15, 0.2) is 0 Å². The van der Waals surface area contributed by atoms with Crippen LogP contribution in [0.4, 0.5) is 0 Å². The highest BCUT2D eigenvalue weighted by Gasteiger charge is 2.42. The Hall–Kier alpha value is 0.260. The van der Waals surface area contributed by atoms with E-state index in [1.54, 1.807) is 0 Å². The van der Waals surface area contributed by atoms with Gasteiger partial charge in [0.15, 0.2) is 0 Å². The molecule has 1 atom stereocenters. The summed E-state index contributed by atoms with van der Waals surface area (Å²) in [6.45, 7) is 8.66. The highest BCUT2D eigenvalue weighted by atomic mass is 31.3. The summed E-state index contributed by atoms with van der Waals surface area (Å²) in [5, 5.41) is 0. The standard InChI is InChI=1S/C41H86O7P2/c1-5-7-9-11-13-15-17-19-21-23-25-27-29-31-33-35-37-41(39-40(3)4,47-50(45,46)48-49(42,43)44)38-36-34-32-30-28-26-24-22-20-18-16-14-12-10-8-6-2/h40H,5-39H2,1-4H3,(H,45,46)(H2,42,43,44). The molecule has 3 N–H and O–H groups in total. The van der Waals surface area contributed by atoms with Crippen LogP contribution in [-0.4, -0.2) is 20.3 Å². The maximum atomic E-state index is 12.8. The largest absolute Gasteiger partial charge is 0.481 e. The van der Waals surface area contributed by atoms with Crippen molar-refractivity contribution in [3.8, 4) is 0 Å². The Labute approximate surface area is 311 Å². The maximum absolute atomic E-state index is 12.8. The monoisotopic (exact) mass is 753 g/mol. The summed E-state index contributed by atoms with van der Waals surface area (Å²) >= 11 is 0. The number of hydrogen-bond donors (Lipinski definition) is 3. The van der Waals surface area contributed by atoms with Gasteiger partial charge in [0.05, 0.1) is 5.60 Å². The second-order valence-electron chi connectivity index (χ2n) is 16.0. The molecule has 0 aliphatic carbocycles. The van der Waals surface area contributed by atoms with Crippen molar-refractivity contribution in [2.75, 3.05) is 0 Å². The summed E-state index contributed by atoms with van der Waals surface area (Å²) in [6, 6.07) is 0. The molecule has 0 heterocycles. The molecule has 0 bridgehead atoms. The smallest absolute Gasteiger partial charge is 0.302 e. The molecule has 0 aliphatic heterocycles.